The third kappa shape index (κ3) is 5.42. The van der Waals surface area contributed by atoms with Crippen LogP contribution in [0.3, 0.4) is 0 Å². The normalized spacial score (nSPS) is 23.6. The van der Waals surface area contributed by atoms with Gasteiger partial charge in [-0.3, -0.25) is 4.79 Å². The standard InChI is InChI=1S/C22H32O4/c1-22(2,15-23)18-12-9-17(10-13-18)21-16(11-14-19(21)24)7-5-3-4-6-8-20(25)26/h3,5,9-10,12-13,16,19,21,23-24H,4,6-8,11,14-15H2,1-2H3,(H,25,26)/t16-,19+,21-/m0/s1. The maximum Gasteiger partial charge on any atom is 0.303 e. The lowest BCUT2D eigenvalue weighted by atomic mass is 9.81. The van der Waals surface area contributed by atoms with Gasteiger partial charge in [0, 0.05) is 17.8 Å². The number of carbonyl (C=O) groups is 1. The molecule has 1 aromatic carbocycles. The van der Waals surface area contributed by atoms with E-state index in [1.807, 2.05) is 13.8 Å². The zero-order valence-electron chi connectivity index (χ0n) is 15.9. The average Bonchev–Trinajstić information content (AvgIpc) is 2.98. The maximum absolute atomic E-state index is 10.5. The van der Waals surface area contributed by atoms with Gasteiger partial charge in [0.1, 0.15) is 0 Å². The zero-order chi connectivity index (χ0) is 19.2. The molecule has 3 N–H and O–H groups in total. The molecule has 1 aliphatic rings. The van der Waals surface area contributed by atoms with Gasteiger partial charge >= 0.3 is 5.97 Å². The lowest BCUT2D eigenvalue weighted by Crippen LogP contribution is -2.22. The molecule has 0 unspecified atom stereocenters. The Kier molecular flexibility index (Phi) is 7.42. The quantitative estimate of drug-likeness (QED) is 0.459. The molecule has 1 fully saturated rings. The van der Waals surface area contributed by atoms with Crippen molar-refractivity contribution in [2.24, 2.45) is 5.92 Å². The van der Waals surface area contributed by atoms with Crippen molar-refractivity contribution in [1.29, 1.82) is 0 Å². The van der Waals surface area contributed by atoms with Gasteiger partial charge in [-0.05, 0) is 49.1 Å². The van der Waals surface area contributed by atoms with E-state index in [0.29, 0.717) is 12.3 Å². The van der Waals surface area contributed by atoms with E-state index in [9.17, 15) is 15.0 Å². The second-order valence-corrected chi connectivity index (χ2v) is 8.09. The number of unbranched alkanes of at least 4 members (excludes halogenated alkanes) is 1. The average molecular weight is 360 g/mol. The van der Waals surface area contributed by atoms with E-state index in [4.69, 9.17) is 5.11 Å². The number of allylic oxidation sites excluding steroid dienone is 2. The Morgan fingerprint density at radius 2 is 1.88 bits per heavy atom. The Morgan fingerprint density at radius 1 is 1.19 bits per heavy atom. The van der Waals surface area contributed by atoms with E-state index in [0.717, 1.165) is 36.8 Å². The van der Waals surface area contributed by atoms with E-state index in [1.54, 1.807) is 0 Å². The Hall–Kier alpha value is -1.65. The van der Waals surface area contributed by atoms with E-state index in [2.05, 4.69) is 36.4 Å². The van der Waals surface area contributed by atoms with Crippen molar-refractivity contribution in [3.63, 3.8) is 0 Å². The number of carboxylic acids is 1. The van der Waals surface area contributed by atoms with Crippen LogP contribution in [0.2, 0.25) is 0 Å². The predicted octanol–water partition coefficient (Wildman–Crippen LogP) is 4.01. The Balaban J connectivity index is 1.97. The molecule has 0 spiro atoms. The van der Waals surface area contributed by atoms with Crippen molar-refractivity contribution >= 4 is 5.97 Å². The van der Waals surface area contributed by atoms with Gasteiger partial charge in [-0.15, -0.1) is 0 Å². The monoisotopic (exact) mass is 360 g/mol. The maximum atomic E-state index is 10.5. The van der Waals surface area contributed by atoms with E-state index >= 15 is 0 Å². The third-order valence-corrected chi connectivity index (χ3v) is 5.59. The highest BCUT2D eigenvalue weighted by Crippen LogP contribution is 2.42. The van der Waals surface area contributed by atoms with Crippen LogP contribution in [0, 0.1) is 5.92 Å². The lowest BCUT2D eigenvalue weighted by Gasteiger charge is -2.25. The summed E-state index contributed by atoms with van der Waals surface area (Å²) in [6.45, 7) is 4.14. The van der Waals surface area contributed by atoms with E-state index in [-0.39, 0.29) is 30.5 Å². The summed E-state index contributed by atoms with van der Waals surface area (Å²) in [5.74, 6) is -0.187. The highest BCUT2D eigenvalue weighted by molar-refractivity contribution is 5.66. The topological polar surface area (TPSA) is 77.8 Å². The molecule has 1 saturated carbocycles. The number of benzene rings is 1. The molecule has 1 aromatic rings. The van der Waals surface area contributed by atoms with Crippen molar-refractivity contribution in [3.8, 4) is 0 Å². The number of aliphatic hydroxyl groups excluding tert-OH is 2. The minimum atomic E-state index is -0.745. The van der Waals surface area contributed by atoms with Crippen LogP contribution in [-0.2, 0) is 10.2 Å². The van der Waals surface area contributed by atoms with Gasteiger partial charge < -0.3 is 15.3 Å². The number of rotatable bonds is 9. The first-order valence-corrected chi connectivity index (χ1v) is 9.61. The van der Waals surface area contributed by atoms with Gasteiger partial charge in [0.25, 0.3) is 0 Å². The summed E-state index contributed by atoms with van der Waals surface area (Å²) in [7, 11) is 0. The second kappa shape index (κ2) is 9.33. The van der Waals surface area contributed by atoms with Gasteiger partial charge in [-0.2, -0.15) is 0 Å². The SMILES string of the molecule is CC(C)(CO)c1ccc([C@@H]2[C@@H](CC=CCCCC(=O)O)CC[C@H]2O)cc1. The number of hydrogen-bond acceptors (Lipinski definition) is 3. The molecule has 0 amide bonds. The van der Waals surface area contributed by atoms with Crippen molar-refractivity contribution < 1.29 is 20.1 Å². The largest absolute Gasteiger partial charge is 0.481 e. The summed E-state index contributed by atoms with van der Waals surface area (Å²) < 4.78 is 0. The predicted molar refractivity (Wildman–Crippen MR) is 103 cm³/mol. The fourth-order valence-corrected chi connectivity index (χ4v) is 3.82. The van der Waals surface area contributed by atoms with Crippen molar-refractivity contribution in [2.45, 2.75) is 69.8 Å². The molecular weight excluding hydrogens is 328 g/mol. The summed E-state index contributed by atoms with van der Waals surface area (Å²) in [4.78, 5) is 10.5. The number of aliphatic carboxylic acids is 1. The molecule has 2 rings (SSSR count). The molecule has 3 atom stereocenters. The zero-order valence-corrected chi connectivity index (χ0v) is 15.9. The molecule has 0 heterocycles. The molecule has 0 saturated heterocycles. The van der Waals surface area contributed by atoms with Crippen molar-refractivity contribution in [1.82, 2.24) is 0 Å². The molecule has 0 bridgehead atoms. The molecule has 4 nitrogen and oxygen atoms in total. The first kappa shape index (κ1) is 20.7. The van der Waals surface area contributed by atoms with Crippen LogP contribution in [0.1, 0.15) is 69.4 Å². The minimum absolute atomic E-state index is 0.105. The summed E-state index contributed by atoms with van der Waals surface area (Å²) in [6.07, 6.45) is 8.32. The second-order valence-electron chi connectivity index (χ2n) is 8.09. The van der Waals surface area contributed by atoms with Gasteiger partial charge in [0.2, 0.25) is 0 Å². The first-order valence-electron chi connectivity index (χ1n) is 9.61. The number of carboxylic acid groups (broad SMARTS) is 1. The number of aliphatic hydroxyl groups is 2. The van der Waals surface area contributed by atoms with Crippen LogP contribution in [-0.4, -0.2) is 34.0 Å². The van der Waals surface area contributed by atoms with Gasteiger partial charge in [-0.1, -0.05) is 50.3 Å². The molecule has 0 aromatic heterocycles. The molecule has 0 aliphatic heterocycles. The smallest absolute Gasteiger partial charge is 0.303 e. The van der Waals surface area contributed by atoms with Crippen molar-refractivity contribution in [3.05, 3.63) is 47.5 Å². The highest BCUT2D eigenvalue weighted by atomic mass is 16.4. The van der Waals surface area contributed by atoms with Crippen LogP contribution in [0.5, 0.6) is 0 Å². The Bertz CT molecular complexity index is 603. The summed E-state index contributed by atoms with van der Waals surface area (Å²) in [5.41, 5.74) is 2.01. The van der Waals surface area contributed by atoms with Gasteiger partial charge in [0.05, 0.1) is 12.7 Å². The third-order valence-electron chi connectivity index (χ3n) is 5.59. The van der Waals surface area contributed by atoms with Crippen molar-refractivity contribution in [2.75, 3.05) is 6.61 Å². The van der Waals surface area contributed by atoms with Crippen LogP contribution < -0.4 is 0 Å². The first-order chi connectivity index (χ1) is 12.3. The highest BCUT2D eigenvalue weighted by Gasteiger charge is 2.35. The Morgan fingerprint density at radius 3 is 2.50 bits per heavy atom. The van der Waals surface area contributed by atoms with Crippen LogP contribution in [0.4, 0.5) is 0 Å². The summed E-state index contributed by atoms with van der Waals surface area (Å²) in [5, 5.41) is 28.6. The molecule has 1 aliphatic carbocycles. The Labute approximate surface area is 156 Å². The lowest BCUT2D eigenvalue weighted by molar-refractivity contribution is -0.137. The summed E-state index contributed by atoms with van der Waals surface area (Å²) in [6, 6.07) is 8.32. The minimum Gasteiger partial charge on any atom is -0.481 e. The fourth-order valence-electron chi connectivity index (χ4n) is 3.82. The molecule has 0 radical (unpaired) electrons. The van der Waals surface area contributed by atoms with Crippen LogP contribution in [0.15, 0.2) is 36.4 Å². The molecule has 26 heavy (non-hydrogen) atoms. The van der Waals surface area contributed by atoms with Gasteiger partial charge in [0.15, 0.2) is 0 Å². The van der Waals surface area contributed by atoms with Gasteiger partial charge in [-0.25, -0.2) is 0 Å². The van der Waals surface area contributed by atoms with E-state index in [1.165, 1.54) is 0 Å². The van der Waals surface area contributed by atoms with E-state index < -0.39 is 5.97 Å². The summed E-state index contributed by atoms with van der Waals surface area (Å²) >= 11 is 0. The number of hydrogen-bond donors (Lipinski definition) is 3. The fraction of sp³-hybridized carbons (Fsp3) is 0.591. The van der Waals surface area contributed by atoms with Crippen LogP contribution >= 0.6 is 0 Å². The molecular formula is C22H32O4. The van der Waals surface area contributed by atoms with Crippen LogP contribution in [0.25, 0.3) is 0 Å². The molecule has 4 heteroatoms. The molecule has 144 valence electrons.